The van der Waals surface area contributed by atoms with E-state index < -0.39 is 20.8 Å². The Morgan fingerprint density at radius 3 is 0.971 bits per heavy atom. The Hall–Kier alpha value is 0.0900. The van der Waals surface area contributed by atoms with Crippen LogP contribution in [0, 0.1) is 0 Å². The molecule has 0 saturated carbocycles. The molecule has 0 spiro atoms. The number of rotatable bonds is 28. The first-order valence-corrected chi connectivity index (χ1v) is 17.0. The minimum absolute atomic E-state index is 0.0125. The second-order valence-corrected chi connectivity index (χ2v) is 12.4. The molecule has 11 heteroatoms. The summed E-state index contributed by atoms with van der Waals surface area (Å²) in [6.45, 7) is 4.38. The Bertz CT molecular complexity index is 598. The number of hydrogen-bond acceptors (Lipinski definition) is 9. The molecule has 212 valence electrons. The molecule has 0 aromatic carbocycles. The maximum Gasteiger partial charge on any atom is 0.412 e. The highest BCUT2D eigenvalue weighted by molar-refractivity contribution is 8.05. The molecule has 0 bridgehead atoms. The van der Waals surface area contributed by atoms with Gasteiger partial charge >= 0.3 is 20.8 Å². The first-order valence-electron chi connectivity index (χ1n) is 13.7. The van der Waals surface area contributed by atoms with Crippen molar-refractivity contribution >= 4 is 33.1 Å². The SMILES string of the molecule is CCCCCCCCCCCCOS(=O)(=O)OSOS(=O)(=O)OCCCCCCCCCCCC. The van der Waals surface area contributed by atoms with Crippen LogP contribution in [-0.4, -0.2) is 30.0 Å². The molecule has 0 heterocycles. The molecule has 0 radical (unpaired) electrons. The normalized spacial score (nSPS) is 12.4. The van der Waals surface area contributed by atoms with Gasteiger partial charge in [-0.05, 0) is 12.8 Å². The van der Waals surface area contributed by atoms with E-state index in [1.807, 2.05) is 0 Å². The highest BCUT2D eigenvalue weighted by Gasteiger charge is 2.19. The van der Waals surface area contributed by atoms with Gasteiger partial charge in [-0.3, -0.25) is 0 Å². The van der Waals surface area contributed by atoms with Crippen LogP contribution in [0.1, 0.15) is 142 Å². The van der Waals surface area contributed by atoms with Crippen LogP contribution in [0.25, 0.3) is 0 Å². The zero-order chi connectivity index (χ0) is 26.1. The summed E-state index contributed by atoms with van der Waals surface area (Å²) in [6, 6.07) is 0. The topological polar surface area (TPSA) is 105 Å². The second-order valence-electron chi connectivity index (χ2n) is 9.03. The Morgan fingerprint density at radius 2 is 0.686 bits per heavy atom. The fourth-order valence-electron chi connectivity index (χ4n) is 3.62. The molecule has 0 amide bonds. The fourth-order valence-corrected chi connectivity index (χ4v) is 5.42. The minimum atomic E-state index is -4.34. The standard InChI is InChI=1S/C24H50O8S3/c1-3-5-7-9-11-13-15-17-19-21-23-29-34(25,26)31-33-32-35(27,28)30-24-22-20-18-16-14-12-10-8-6-4-2/h3-24H2,1-2H3. The lowest BCUT2D eigenvalue weighted by atomic mass is 10.1. The van der Waals surface area contributed by atoms with E-state index in [1.165, 1.54) is 77.0 Å². The molecule has 0 atom stereocenters. The Balaban J connectivity index is 3.62. The molecular weight excluding hydrogens is 512 g/mol. The number of unbranched alkanes of at least 4 members (excludes halogenated alkanes) is 18. The van der Waals surface area contributed by atoms with Crippen molar-refractivity contribution in [2.45, 2.75) is 142 Å². The van der Waals surface area contributed by atoms with Crippen molar-refractivity contribution in [3.8, 4) is 0 Å². The summed E-state index contributed by atoms with van der Waals surface area (Å²) in [6.07, 6.45) is 22.4. The van der Waals surface area contributed by atoms with Crippen LogP contribution in [0.2, 0.25) is 0 Å². The molecule has 0 unspecified atom stereocenters. The lowest BCUT2D eigenvalue weighted by molar-refractivity contribution is 0.261. The quantitative estimate of drug-likeness (QED) is 0.0693. The van der Waals surface area contributed by atoms with E-state index in [0.29, 0.717) is 12.8 Å². The predicted octanol–water partition coefficient (Wildman–Crippen LogP) is 7.95. The van der Waals surface area contributed by atoms with Crippen molar-refractivity contribution in [1.82, 2.24) is 0 Å². The first-order chi connectivity index (χ1) is 16.8. The van der Waals surface area contributed by atoms with Crippen LogP contribution in [-0.2, 0) is 36.4 Å². The molecule has 0 aliphatic heterocycles. The van der Waals surface area contributed by atoms with Gasteiger partial charge in [0.25, 0.3) is 0 Å². The summed E-state index contributed by atoms with van der Waals surface area (Å²) in [5.74, 6) is 0. The van der Waals surface area contributed by atoms with Crippen LogP contribution in [0.15, 0.2) is 0 Å². The largest absolute Gasteiger partial charge is 0.412 e. The minimum Gasteiger partial charge on any atom is -0.247 e. The van der Waals surface area contributed by atoms with E-state index in [9.17, 15) is 16.8 Å². The maximum atomic E-state index is 11.7. The van der Waals surface area contributed by atoms with Gasteiger partial charge in [0.1, 0.15) is 0 Å². The zero-order valence-corrected chi connectivity index (χ0v) is 24.5. The van der Waals surface area contributed by atoms with E-state index in [4.69, 9.17) is 8.37 Å². The summed E-state index contributed by atoms with van der Waals surface area (Å²) >= 11 is -0.193. The van der Waals surface area contributed by atoms with Gasteiger partial charge in [-0.1, -0.05) is 129 Å². The smallest absolute Gasteiger partial charge is 0.247 e. The number of hydrogen-bond donors (Lipinski definition) is 0. The molecule has 0 fully saturated rings. The van der Waals surface area contributed by atoms with Gasteiger partial charge in [0, 0.05) is 0 Å². The summed E-state index contributed by atoms with van der Waals surface area (Å²) in [4.78, 5) is 0. The lowest BCUT2D eigenvalue weighted by Crippen LogP contribution is -2.11. The van der Waals surface area contributed by atoms with E-state index in [2.05, 4.69) is 21.1 Å². The van der Waals surface area contributed by atoms with Gasteiger partial charge in [0.2, 0.25) is 0 Å². The van der Waals surface area contributed by atoms with Crippen LogP contribution in [0.5, 0.6) is 0 Å². The van der Waals surface area contributed by atoms with Gasteiger partial charge in [0.05, 0.1) is 13.2 Å². The summed E-state index contributed by atoms with van der Waals surface area (Å²) in [5, 5.41) is 0. The molecule has 0 saturated heterocycles. The van der Waals surface area contributed by atoms with Crippen molar-refractivity contribution in [2.75, 3.05) is 13.2 Å². The zero-order valence-electron chi connectivity index (χ0n) is 22.0. The molecule has 0 aliphatic carbocycles. The van der Waals surface area contributed by atoms with Crippen molar-refractivity contribution < 1.29 is 32.5 Å². The van der Waals surface area contributed by atoms with Crippen LogP contribution in [0.3, 0.4) is 0 Å². The lowest BCUT2D eigenvalue weighted by Gasteiger charge is -2.06. The molecular formula is C24H50O8S3. The van der Waals surface area contributed by atoms with E-state index in [0.717, 1.165) is 38.5 Å². The molecule has 8 nitrogen and oxygen atoms in total. The average Bonchev–Trinajstić information content (AvgIpc) is 2.80. The second kappa shape index (κ2) is 24.4. The van der Waals surface area contributed by atoms with E-state index in [1.54, 1.807) is 0 Å². The van der Waals surface area contributed by atoms with Gasteiger partial charge in [0.15, 0.2) is 12.3 Å². The summed E-state index contributed by atoms with van der Waals surface area (Å²) in [5.41, 5.74) is 0. The van der Waals surface area contributed by atoms with Crippen LogP contribution in [0.4, 0.5) is 0 Å². The Labute approximate surface area is 220 Å². The summed E-state index contributed by atoms with van der Waals surface area (Å²) < 4.78 is 64.7. The third kappa shape index (κ3) is 27.0. The first kappa shape index (κ1) is 35.1. The highest BCUT2D eigenvalue weighted by atomic mass is 32.3. The van der Waals surface area contributed by atoms with Crippen molar-refractivity contribution in [2.24, 2.45) is 0 Å². The van der Waals surface area contributed by atoms with Crippen molar-refractivity contribution in [3.05, 3.63) is 0 Å². The molecule has 0 aliphatic rings. The summed E-state index contributed by atoms with van der Waals surface area (Å²) in [7, 11) is -8.68. The van der Waals surface area contributed by atoms with Gasteiger partial charge < -0.3 is 0 Å². The Kier molecular flexibility index (Phi) is 24.5. The average molecular weight is 563 g/mol. The van der Waals surface area contributed by atoms with Crippen molar-refractivity contribution in [3.63, 3.8) is 0 Å². The van der Waals surface area contributed by atoms with Gasteiger partial charge in [-0.15, -0.1) is 7.26 Å². The molecule has 0 rings (SSSR count). The Morgan fingerprint density at radius 1 is 0.429 bits per heavy atom. The third-order valence-corrected chi connectivity index (χ3v) is 8.36. The predicted molar refractivity (Wildman–Crippen MR) is 143 cm³/mol. The van der Waals surface area contributed by atoms with Crippen LogP contribution < -0.4 is 0 Å². The van der Waals surface area contributed by atoms with Crippen LogP contribution >= 0.6 is 12.3 Å². The highest BCUT2D eigenvalue weighted by Crippen LogP contribution is 2.17. The maximum absolute atomic E-state index is 11.7. The van der Waals surface area contributed by atoms with Gasteiger partial charge in [-0.2, -0.15) is 16.8 Å². The van der Waals surface area contributed by atoms with E-state index >= 15 is 0 Å². The molecule has 0 aromatic rings. The van der Waals surface area contributed by atoms with E-state index in [-0.39, 0.29) is 25.5 Å². The monoisotopic (exact) mass is 562 g/mol. The molecule has 35 heavy (non-hydrogen) atoms. The fraction of sp³-hybridized carbons (Fsp3) is 1.00. The molecule has 0 aromatic heterocycles. The third-order valence-electron chi connectivity index (χ3n) is 5.67. The van der Waals surface area contributed by atoms with Crippen molar-refractivity contribution in [1.29, 1.82) is 0 Å². The van der Waals surface area contributed by atoms with Gasteiger partial charge in [-0.25, -0.2) is 8.37 Å². The molecule has 0 N–H and O–H groups in total.